The van der Waals surface area contributed by atoms with Crippen molar-refractivity contribution in [3.8, 4) is 17.2 Å². The van der Waals surface area contributed by atoms with Gasteiger partial charge in [0.2, 0.25) is 23.8 Å². The molecule has 1 aliphatic rings. The summed E-state index contributed by atoms with van der Waals surface area (Å²) in [6.45, 7) is 1.43. The van der Waals surface area contributed by atoms with Gasteiger partial charge in [-0.05, 0) is 36.4 Å². The highest BCUT2D eigenvalue weighted by molar-refractivity contribution is 9.10. The van der Waals surface area contributed by atoms with E-state index in [1.54, 1.807) is 12.1 Å². The van der Waals surface area contributed by atoms with Gasteiger partial charge in [0.05, 0.1) is 21.3 Å². The molecule has 1 heterocycles. The number of hydrogen-bond donors (Lipinski definition) is 0. The molecule has 0 aromatic heterocycles. The Labute approximate surface area is 165 Å². The first kappa shape index (κ1) is 19.0. The predicted octanol–water partition coefficient (Wildman–Crippen LogP) is 3.71. The third-order valence-corrected chi connectivity index (χ3v) is 4.56. The van der Waals surface area contributed by atoms with Crippen LogP contribution in [-0.2, 0) is 9.53 Å². The standard InChI is InChI=1S/C19H19BrN2O5/c1-11(23)22-19(27-18(21-22)12-5-7-14(20)8-6-12)13-9-15(24-2)17(26-4)16(10-13)25-3/h5-10,19H,1-4H3/t19-/m0/s1. The van der Waals surface area contributed by atoms with E-state index in [2.05, 4.69) is 21.0 Å². The second kappa shape index (κ2) is 7.87. The van der Waals surface area contributed by atoms with Crippen LogP contribution in [0, 0.1) is 0 Å². The minimum atomic E-state index is -0.741. The summed E-state index contributed by atoms with van der Waals surface area (Å²) in [5.41, 5.74) is 1.41. The maximum Gasteiger partial charge on any atom is 0.243 e. The van der Waals surface area contributed by atoms with Crippen LogP contribution in [0.1, 0.15) is 24.3 Å². The molecular formula is C19H19BrN2O5. The first-order valence-electron chi connectivity index (χ1n) is 8.09. The van der Waals surface area contributed by atoms with Crippen LogP contribution in [0.4, 0.5) is 0 Å². The molecule has 0 unspecified atom stereocenters. The van der Waals surface area contributed by atoms with E-state index in [-0.39, 0.29) is 5.91 Å². The molecular weight excluding hydrogens is 416 g/mol. The fourth-order valence-electron chi connectivity index (χ4n) is 2.74. The van der Waals surface area contributed by atoms with E-state index in [1.807, 2.05) is 24.3 Å². The SMILES string of the molecule is COc1cc([C@@H]2OC(c3ccc(Br)cc3)=NN2C(C)=O)cc(OC)c1OC. The van der Waals surface area contributed by atoms with Crippen molar-refractivity contribution in [2.24, 2.45) is 5.10 Å². The van der Waals surface area contributed by atoms with Gasteiger partial charge in [0.15, 0.2) is 11.5 Å². The molecule has 2 aromatic carbocycles. The van der Waals surface area contributed by atoms with Gasteiger partial charge in [-0.1, -0.05) is 15.9 Å². The highest BCUT2D eigenvalue weighted by Gasteiger charge is 2.34. The molecule has 0 N–H and O–H groups in total. The van der Waals surface area contributed by atoms with E-state index in [0.29, 0.717) is 28.7 Å². The maximum atomic E-state index is 12.1. The molecule has 142 valence electrons. The van der Waals surface area contributed by atoms with E-state index in [0.717, 1.165) is 10.0 Å². The van der Waals surface area contributed by atoms with E-state index in [1.165, 1.54) is 33.3 Å². The molecule has 3 rings (SSSR count). The summed E-state index contributed by atoms with van der Waals surface area (Å²) >= 11 is 3.40. The number of nitrogens with zero attached hydrogens (tertiary/aromatic N) is 2. The average molecular weight is 435 g/mol. The minimum absolute atomic E-state index is 0.249. The maximum absolute atomic E-state index is 12.1. The van der Waals surface area contributed by atoms with Crippen LogP contribution >= 0.6 is 15.9 Å². The molecule has 8 heteroatoms. The summed E-state index contributed by atoms with van der Waals surface area (Å²) in [4.78, 5) is 12.1. The summed E-state index contributed by atoms with van der Waals surface area (Å²) in [5, 5.41) is 5.64. The zero-order valence-corrected chi connectivity index (χ0v) is 16.9. The Kier molecular flexibility index (Phi) is 5.55. The summed E-state index contributed by atoms with van der Waals surface area (Å²) in [6.07, 6.45) is -0.741. The number of methoxy groups -OCH3 is 3. The number of rotatable bonds is 5. The van der Waals surface area contributed by atoms with Crippen LogP contribution in [0.5, 0.6) is 17.2 Å². The number of amides is 1. The Morgan fingerprint density at radius 1 is 1.07 bits per heavy atom. The molecule has 0 spiro atoms. The van der Waals surface area contributed by atoms with Gasteiger partial charge in [0.25, 0.3) is 0 Å². The van der Waals surface area contributed by atoms with Gasteiger partial charge in [-0.3, -0.25) is 4.79 Å². The van der Waals surface area contributed by atoms with Crippen molar-refractivity contribution in [3.05, 3.63) is 52.0 Å². The average Bonchev–Trinajstić information content (AvgIpc) is 3.13. The number of hydrogen-bond acceptors (Lipinski definition) is 6. The molecule has 7 nitrogen and oxygen atoms in total. The number of hydrazone groups is 1. The Morgan fingerprint density at radius 2 is 1.67 bits per heavy atom. The Morgan fingerprint density at radius 3 is 2.15 bits per heavy atom. The van der Waals surface area contributed by atoms with Crippen LogP contribution < -0.4 is 14.2 Å². The van der Waals surface area contributed by atoms with Crippen LogP contribution in [0.3, 0.4) is 0 Å². The third-order valence-electron chi connectivity index (χ3n) is 4.03. The molecule has 1 aliphatic heterocycles. The van der Waals surface area contributed by atoms with Gasteiger partial charge in [-0.25, -0.2) is 0 Å². The number of halogens is 1. The molecule has 0 radical (unpaired) electrons. The molecule has 0 aliphatic carbocycles. The highest BCUT2D eigenvalue weighted by atomic mass is 79.9. The zero-order valence-electron chi connectivity index (χ0n) is 15.4. The first-order chi connectivity index (χ1) is 13.0. The molecule has 1 amide bonds. The number of carbonyl (C=O) groups is 1. The highest BCUT2D eigenvalue weighted by Crippen LogP contribution is 2.42. The van der Waals surface area contributed by atoms with Crippen molar-refractivity contribution in [2.75, 3.05) is 21.3 Å². The normalized spacial score (nSPS) is 15.8. The van der Waals surface area contributed by atoms with Crippen molar-refractivity contribution in [1.29, 1.82) is 0 Å². The smallest absolute Gasteiger partial charge is 0.243 e. The van der Waals surface area contributed by atoms with E-state index >= 15 is 0 Å². The minimum Gasteiger partial charge on any atom is -0.493 e. The van der Waals surface area contributed by atoms with Gasteiger partial charge in [0.1, 0.15) is 0 Å². The van der Waals surface area contributed by atoms with Crippen molar-refractivity contribution in [2.45, 2.75) is 13.2 Å². The second-order valence-electron chi connectivity index (χ2n) is 5.70. The van der Waals surface area contributed by atoms with Crippen molar-refractivity contribution in [1.82, 2.24) is 5.01 Å². The number of ether oxygens (including phenoxy) is 4. The summed E-state index contributed by atoms with van der Waals surface area (Å²) in [5.74, 6) is 1.51. The van der Waals surface area contributed by atoms with Crippen LogP contribution in [0.2, 0.25) is 0 Å². The lowest BCUT2D eigenvalue weighted by Crippen LogP contribution is -2.25. The quantitative estimate of drug-likeness (QED) is 0.716. The van der Waals surface area contributed by atoms with Crippen LogP contribution in [-0.4, -0.2) is 38.1 Å². The van der Waals surface area contributed by atoms with Crippen molar-refractivity contribution in [3.63, 3.8) is 0 Å². The first-order valence-corrected chi connectivity index (χ1v) is 8.88. The lowest BCUT2D eigenvalue weighted by Gasteiger charge is -2.21. The summed E-state index contributed by atoms with van der Waals surface area (Å²) in [7, 11) is 4.59. The van der Waals surface area contributed by atoms with E-state index in [9.17, 15) is 4.79 Å². The lowest BCUT2D eigenvalue weighted by molar-refractivity contribution is -0.135. The second-order valence-corrected chi connectivity index (χ2v) is 6.62. The van der Waals surface area contributed by atoms with Gasteiger partial charge in [-0.15, -0.1) is 5.10 Å². The summed E-state index contributed by atoms with van der Waals surface area (Å²) < 4.78 is 23.1. The monoisotopic (exact) mass is 434 g/mol. The molecule has 2 aromatic rings. The fraction of sp³-hybridized carbons (Fsp3) is 0.263. The van der Waals surface area contributed by atoms with Crippen molar-refractivity contribution < 1.29 is 23.7 Å². The molecule has 0 bridgehead atoms. The van der Waals surface area contributed by atoms with Crippen molar-refractivity contribution >= 4 is 27.7 Å². The Bertz CT molecular complexity index is 857. The van der Waals surface area contributed by atoms with E-state index in [4.69, 9.17) is 18.9 Å². The Hall–Kier alpha value is -2.74. The van der Waals surface area contributed by atoms with Gasteiger partial charge < -0.3 is 18.9 Å². The largest absolute Gasteiger partial charge is 0.493 e. The number of carbonyl (C=O) groups excluding carboxylic acids is 1. The number of benzene rings is 2. The van der Waals surface area contributed by atoms with Crippen LogP contribution in [0.15, 0.2) is 46.0 Å². The summed E-state index contributed by atoms with van der Waals surface area (Å²) in [6, 6.07) is 11.0. The Balaban J connectivity index is 2.01. The fourth-order valence-corrected chi connectivity index (χ4v) is 3.00. The molecule has 27 heavy (non-hydrogen) atoms. The predicted molar refractivity (Wildman–Crippen MR) is 103 cm³/mol. The van der Waals surface area contributed by atoms with Gasteiger partial charge >= 0.3 is 0 Å². The van der Waals surface area contributed by atoms with E-state index < -0.39 is 6.23 Å². The van der Waals surface area contributed by atoms with Gasteiger partial charge in [-0.2, -0.15) is 5.01 Å². The topological polar surface area (TPSA) is 69.6 Å². The molecule has 0 saturated heterocycles. The third kappa shape index (κ3) is 3.71. The van der Waals surface area contributed by atoms with Crippen LogP contribution in [0.25, 0.3) is 0 Å². The molecule has 0 fully saturated rings. The molecule has 1 atom stereocenters. The lowest BCUT2D eigenvalue weighted by atomic mass is 10.1. The molecule has 0 saturated carbocycles. The zero-order chi connectivity index (χ0) is 19.6. The van der Waals surface area contributed by atoms with Gasteiger partial charge in [0, 0.05) is 22.5 Å².